The minimum absolute atomic E-state index is 0.0510. The molecule has 1 aliphatic rings. The summed E-state index contributed by atoms with van der Waals surface area (Å²) in [6.07, 6.45) is 6.42. The van der Waals surface area contributed by atoms with Gasteiger partial charge in [0, 0.05) is 43.6 Å². The fourth-order valence-electron chi connectivity index (χ4n) is 4.65. The van der Waals surface area contributed by atoms with Crippen LogP contribution in [0.5, 0.6) is 0 Å². The summed E-state index contributed by atoms with van der Waals surface area (Å²) >= 11 is 0. The molecule has 0 spiro atoms. The van der Waals surface area contributed by atoms with Crippen molar-refractivity contribution in [1.29, 1.82) is 5.26 Å². The van der Waals surface area contributed by atoms with Gasteiger partial charge in [0.15, 0.2) is 0 Å². The van der Waals surface area contributed by atoms with Crippen molar-refractivity contribution in [2.24, 2.45) is 0 Å². The molecule has 40 heavy (non-hydrogen) atoms. The molecule has 0 radical (unpaired) electrons. The van der Waals surface area contributed by atoms with Crippen molar-refractivity contribution in [2.45, 2.75) is 50.5 Å². The van der Waals surface area contributed by atoms with Crippen molar-refractivity contribution in [2.75, 3.05) is 26.2 Å². The SMILES string of the molecule is CCCN(CCC)S(=O)(=O)c1cccc(-c2nn(-c3ccccc3)cc2/C=C(/C#N)C(=O)NCC2CCCO2)c1. The standard InChI is InChI=1S/C30H35N5O4S/c1-3-15-34(16-4-2)40(37,38)28-14-8-10-23(19-28)29-25(22-35(33-29)26-11-6-5-7-12-26)18-24(20-31)30(36)32-21-27-13-9-17-39-27/h5-8,10-12,14,18-19,22,27H,3-4,9,13,15-17,21H2,1-2H3,(H,32,36)/b24-18-. The summed E-state index contributed by atoms with van der Waals surface area (Å²) in [4.78, 5) is 13.0. The Morgan fingerprint density at radius 1 is 1.18 bits per heavy atom. The molecule has 0 bridgehead atoms. The minimum atomic E-state index is -3.72. The van der Waals surface area contributed by atoms with Crippen molar-refractivity contribution in [3.05, 3.63) is 71.9 Å². The number of aromatic nitrogens is 2. The van der Waals surface area contributed by atoms with E-state index in [0.717, 1.165) is 18.5 Å². The lowest BCUT2D eigenvalue weighted by atomic mass is 10.1. The molecular formula is C30H35N5O4S. The second-order valence-electron chi connectivity index (χ2n) is 9.66. The molecule has 1 fully saturated rings. The molecule has 1 aromatic heterocycles. The maximum absolute atomic E-state index is 13.5. The van der Waals surface area contributed by atoms with Gasteiger partial charge in [0.25, 0.3) is 5.91 Å². The van der Waals surface area contributed by atoms with Gasteiger partial charge in [0.1, 0.15) is 17.3 Å². The number of nitriles is 1. The Hall–Kier alpha value is -3.78. The van der Waals surface area contributed by atoms with Crippen LogP contribution in [0.15, 0.2) is 71.3 Å². The first kappa shape index (κ1) is 29.2. The smallest absolute Gasteiger partial charge is 0.262 e. The highest BCUT2D eigenvalue weighted by atomic mass is 32.2. The first-order valence-electron chi connectivity index (χ1n) is 13.6. The lowest BCUT2D eigenvalue weighted by Gasteiger charge is -2.21. The molecule has 0 aliphatic carbocycles. The van der Waals surface area contributed by atoms with Gasteiger partial charge >= 0.3 is 0 Å². The van der Waals surface area contributed by atoms with Gasteiger partial charge < -0.3 is 10.1 Å². The number of para-hydroxylation sites is 1. The van der Waals surface area contributed by atoms with Gasteiger partial charge in [-0.2, -0.15) is 14.7 Å². The summed E-state index contributed by atoms with van der Waals surface area (Å²) in [6, 6.07) is 18.1. The van der Waals surface area contributed by atoms with Crippen LogP contribution in [0.25, 0.3) is 23.0 Å². The van der Waals surface area contributed by atoms with Crippen LogP contribution in [0.1, 0.15) is 45.1 Å². The van der Waals surface area contributed by atoms with Gasteiger partial charge in [0.2, 0.25) is 10.0 Å². The summed E-state index contributed by atoms with van der Waals surface area (Å²) in [5, 5.41) is 17.4. The Bertz CT molecular complexity index is 1480. The average molecular weight is 562 g/mol. The molecule has 2 aromatic carbocycles. The van der Waals surface area contributed by atoms with Crippen LogP contribution in [-0.4, -0.2) is 60.8 Å². The fraction of sp³-hybridized carbons (Fsp3) is 0.367. The molecule has 4 rings (SSSR count). The van der Waals surface area contributed by atoms with E-state index in [1.165, 1.54) is 10.4 Å². The number of hydrogen-bond donors (Lipinski definition) is 1. The average Bonchev–Trinajstić information content (AvgIpc) is 3.65. The van der Waals surface area contributed by atoms with E-state index >= 15 is 0 Å². The highest BCUT2D eigenvalue weighted by Gasteiger charge is 2.24. The van der Waals surface area contributed by atoms with Crippen LogP contribution in [-0.2, 0) is 19.6 Å². The quantitative estimate of drug-likeness (QED) is 0.256. The number of carbonyl (C=O) groups is 1. The third-order valence-corrected chi connectivity index (χ3v) is 8.53. The highest BCUT2D eigenvalue weighted by Crippen LogP contribution is 2.29. The van der Waals surface area contributed by atoms with Crippen LogP contribution < -0.4 is 5.32 Å². The number of ether oxygens (including phenoxy) is 1. The summed E-state index contributed by atoms with van der Waals surface area (Å²) in [7, 11) is -3.72. The molecule has 1 atom stereocenters. The molecule has 9 nitrogen and oxygen atoms in total. The van der Waals surface area contributed by atoms with Crippen LogP contribution in [0.3, 0.4) is 0 Å². The topological polar surface area (TPSA) is 117 Å². The zero-order chi connectivity index (χ0) is 28.5. The maximum atomic E-state index is 13.5. The maximum Gasteiger partial charge on any atom is 0.262 e. The highest BCUT2D eigenvalue weighted by molar-refractivity contribution is 7.89. The number of carbonyl (C=O) groups excluding carboxylic acids is 1. The van der Waals surface area contributed by atoms with Crippen molar-refractivity contribution < 1.29 is 17.9 Å². The van der Waals surface area contributed by atoms with E-state index in [2.05, 4.69) is 5.32 Å². The molecule has 2 heterocycles. The molecule has 3 aromatic rings. The molecule has 210 valence electrons. The summed E-state index contributed by atoms with van der Waals surface area (Å²) in [5.41, 5.74) is 2.24. The second-order valence-corrected chi connectivity index (χ2v) is 11.6. The summed E-state index contributed by atoms with van der Waals surface area (Å²) in [5.74, 6) is -0.498. The fourth-order valence-corrected chi connectivity index (χ4v) is 6.32. The molecule has 10 heteroatoms. The number of rotatable bonds is 12. The second kappa shape index (κ2) is 13.5. The van der Waals surface area contributed by atoms with Crippen LogP contribution >= 0.6 is 0 Å². The van der Waals surface area contributed by atoms with E-state index in [4.69, 9.17) is 9.84 Å². The van der Waals surface area contributed by atoms with E-state index in [9.17, 15) is 18.5 Å². The van der Waals surface area contributed by atoms with Crippen molar-refractivity contribution in [1.82, 2.24) is 19.4 Å². The van der Waals surface area contributed by atoms with Gasteiger partial charge in [0.05, 0.1) is 16.7 Å². The molecule has 1 N–H and O–H groups in total. The van der Waals surface area contributed by atoms with E-state index in [1.807, 2.05) is 50.2 Å². The lowest BCUT2D eigenvalue weighted by molar-refractivity contribution is -0.117. The molecule has 1 amide bonds. The predicted molar refractivity (Wildman–Crippen MR) is 154 cm³/mol. The molecule has 1 unspecified atom stereocenters. The van der Waals surface area contributed by atoms with Crippen LogP contribution in [0.2, 0.25) is 0 Å². The Kier molecular flexibility index (Phi) is 9.88. The van der Waals surface area contributed by atoms with Gasteiger partial charge in [-0.25, -0.2) is 13.1 Å². The zero-order valence-electron chi connectivity index (χ0n) is 22.9. The minimum Gasteiger partial charge on any atom is -0.376 e. The van der Waals surface area contributed by atoms with E-state index in [0.29, 0.717) is 55.9 Å². The van der Waals surface area contributed by atoms with Crippen molar-refractivity contribution in [3.8, 4) is 23.0 Å². The number of benzene rings is 2. The van der Waals surface area contributed by atoms with E-state index in [1.54, 1.807) is 35.1 Å². The molecule has 1 saturated heterocycles. The number of hydrogen-bond acceptors (Lipinski definition) is 6. The summed E-state index contributed by atoms with van der Waals surface area (Å²) < 4.78 is 35.7. The number of nitrogens with zero attached hydrogens (tertiary/aromatic N) is 4. The Morgan fingerprint density at radius 3 is 2.58 bits per heavy atom. The van der Waals surface area contributed by atoms with Gasteiger partial charge in [-0.05, 0) is 56.0 Å². The Labute approximate surface area is 236 Å². The zero-order valence-corrected chi connectivity index (χ0v) is 23.7. The molecular weight excluding hydrogens is 526 g/mol. The lowest BCUT2D eigenvalue weighted by Crippen LogP contribution is -2.32. The Balaban J connectivity index is 1.74. The summed E-state index contributed by atoms with van der Waals surface area (Å²) in [6.45, 7) is 5.78. The first-order valence-corrected chi connectivity index (χ1v) is 15.1. The number of nitrogens with one attached hydrogen (secondary N) is 1. The molecule has 1 aliphatic heterocycles. The normalized spacial score (nSPS) is 15.8. The van der Waals surface area contributed by atoms with Gasteiger partial charge in [-0.15, -0.1) is 0 Å². The number of sulfonamides is 1. The van der Waals surface area contributed by atoms with Crippen molar-refractivity contribution in [3.63, 3.8) is 0 Å². The monoisotopic (exact) mass is 561 g/mol. The van der Waals surface area contributed by atoms with E-state index < -0.39 is 15.9 Å². The van der Waals surface area contributed by atoms with E-state index in [-0.39, 0.29) is 16.6 Å². The predicted octanol–water partition coefficient (Wildman–Crippen LogP) is 4.55. The van der Waals surface area contributed by atoms with Crippen LogP contribution in [0.4, 0.5) is 0 Å². The third-order valence-electron chi connectivity index (χ3n) is 6.63. The number of amides is 1. The molecule has 0 saturated carbocycles. The van der Waals surface area contributed by atoms with Gasteiger partial charge in [-0.1, -0.05) is 44.2 Å². The third kappa shape index (κ3) is 6.86. The largest absolute Gasteiger partial charge is 0.376 e. The van der Waals surface area contributed by atoms with Crippen LogP contribution in [0, 0.1) is 11.3 Å². The van der Waals surface area contributed by atoms with Gasteiger partial charge in [-0.3, -0.25) is 4.79 Å². The van der Waals surface area contributed by atoms with Crippen molar-refractivity contribution >= 4 is 22.0 Å². The first-order chi connectivity index (χ1) is 19.4. The Morgan fingerprint density at radius 2 is 1.93 bits per heavy atom.